The number of aromatic nitrogens is 1. The van der Waals surface area contributed by atoms with Crippen molar-refractivity contribution in [1.29, 1.82) is 0 Å². The van der Waals surface area contributed by atoms with Crippen molar-refractivity contribution in [3.8, 4) is 0 Å². The molecule has 1 N–H and O–H groups in total. The molecule has 1 aromatic rings. The fourth-order valence-electron chi connectivity index (χ4n) is 2.58. The first kappa shape index (κ1) is 14.4. The summed E-state index contributed by atoms with van der Waals surface area (Å²) in [6, 6.07) is 2.70. The van der Waals surface area contributed by atoms with Crippen molar-refractivity contribution in [3.63, 3.8) is 0 Å². The zero-order valence-electron chi connectivity index (χ0n) is 10.6. The van der Waals surface area contributed by atoms with Crippen LogP contribution in [0.2, 0.25) is 5.15 Å². The highest BCUT2D eigenvalue weighted by Crippen LogP contribution is 2.39. The Kier molecular flexibility index (Phi) is 4.23. The van der Waals surface area contributed by atoms with Crippen molar-refractivity contribution in [2.75, 3.05) is 5.32 Å². The molecule has 2 nitrogen and oxygen atoms in total. The Morgan fingerprint density at radius 2 is 1.95 bits per heavy atom. The molecule has 0 radical (unpaired) electrons. The summed E-state index contributed by atoms with van der Waals surface area (Å²) in [7, 11) is 0. The number of hydrogen-bond donors (Lipinski definition) is 1. The number of alkyl halides is 3. The van der Waals surface area contributed by atoms with Crippen LogP contribution in [0.5, 0.6) is 0 Å². The van der Waals surface area contributed by atoms with E-state index in [4.69, 9.17) is 11.6 Å². The molecule has 1 heterocycles. The molecule has 0 spiro atoms. The number of halogens is 4. The van der Waals surface area contributed by atoms with Crippen LogP contribution in [0.25, 0.3) is 0 Å². The maximum Gasteiger partial charge on any atom is 0.393 e. The van der Waals surface area contributed by atoms with Crippen molar-refractivity contribution < 1.29 is 13.2 Å². The molecule has 1 aromatic heterocycles. The molecule has 0 bridgehead atoms. The van der Waals surface area contributed by atoms with Crippen LogP contribution >= 0.6 is 11.6 Å². The van der Waals surface area contributed by atoms with Gasteiger partial charge in [0.15, 0.2) is 0 Å². The second-order valence-electron chi connectivity index (χ2n) is 4.95. The Bertz CT molecular complexity index is 448. The van der Waals surface area contributed by atoms with Gasteiger partial charge in [-0.2, -0.15) is 13.2 Å². The van der Waals surface area contributed by atoms with Gasteiger partial charge in [-0.15, -0.1) is 0 Å². The maximum atomic E-state index is 13.0. The van der Waals surface area contributed by atoms with E-state index < -0.39 is 18.1 Å². The van der Waals surface area contributed by atoms with Gasteiger partial charge in [-0.3, -0.25) is 0 Å². The van der Waals surface area contributed by atoms with E-state index in [9.17, 15) is 13.2 Å². The molecule has 2 atom stereocenters. The molecule has 106 valence electrons. The first-order valence-electron chi connectivity index (χ1n) is 6.34. The highest BCUT2D eigenvalue weighted by molar-refractivity contribution is 6.29. The molecule has 19 heavy (non-hydrogen) atoms. The highest BCUT2D eigenvalue weighted by Gasteiger charge is 2.45. The highest BCUT2D eigenvalue weighted by atomic mass is 35.5. The van der Waals surface area contributed by atoms with Gasteiger partial charge in [0, 0.05) is 6.04 Å². The van der Waals surface area contributed by atoms with Crippen molar-refractivity contribution in [2.24, 2.45) is 5.92 Å². The lowest BCUT2D eigenvalue weighted by molar-refractivity contribution is -0.184. The SMILES string of the molecule is Cc1nc(Cl)ccc1NC1CCCCC1C(F)(F)F. The Balaban J connectivity index is 2.15. The van der Waals surface area contributed by atoms with Crippen LogP contribution in [-0.2, 0) is 0 Å². The largest absolute Gasteiger partial charge is 0.393 e. The summed E-state index contributed by atoms with van der Waals surface area (Å²) in [6.45, 7) is 1.74. The summed E-state index contributed by atoms with van der Waals surface area (Å²) in [5, 5.41) is 3.34. The fraction of sp³-hybridized carbons (Fsp3) is 0.615. The van der Waals surface area contributed by atoms with Crippen LogP contribution in [0.3, 0.4) is 0 Å². The van der Waals surface area contributed by atoms with E-state index in [2.05, 4.69) is 10.3 Å². The minimum absolute atomic E-state index is 0.196. The van der Waals surface area contributed by atoms with Crippen molar-refractivity contribution >= 4 is 17.3 Å². The Morgan fingerprint density at radius 3 is 2.58 bits per heavy atom. The normalized spacial score (nSPS) is 24.3. The van der Waals surface area contributed by atoms with Gasteiger partial charge in [-0.1, -0.05) is 24.4 Å². The van der Waals surface area contributed by atoms with Gasteiger partial charge in [-0.25, -0.2) is 4.98 Å². The lowest BCUT2D eigenvalue weighted by Gasteiger charge is -2.34. The molecule has 0 saturated heterocycles. The quantitative estimate of drug-likeness (QED) is 0.807. The molecule has 1 aliphatic carbocycles. The number of aryl methyl sites for hydroxylation is 1. The number of pyridine rings is 1. The van der Waals surface area contributed by atoms with Crippen LogP contribution < -0.4 is 5.32 Å². The first-order chi connectivity index (χ1) is 8.88. The van der Waals surface area contributed by atoms with Crippen molar-refractivity contribution in [1.82, 2.24) is 4.98 Å². The van der Waals surface area contributed by atoms with E-state index >= 15 is 0 Å². The van der Waals surface area contributed by atoms with E-state index in [1.54, 1.807) is 19.1 Å². The first-order valence-corrected chi connectivity index (χ1v) is 6.72. The second-order valence-corrected chi connectivity index (χ2v) is 5.34. The lowest BCUT2D eigenvalue weighted by Crippen LogP contribution is -2.41. The van der Waals surface area contributed by atoms with Crippen molar-refractivity contribution in [3.05, 3.63) is 23.0 Å². The van der Waals surface area contributed by atoms with E-state index in [0.717, 1.165) is 6.42 Å². The van der Waals surface area contributed by atoms with E-state index in [1.165, 1.54) is 0 Å². The van der Waals surface area contributed by atoms with Crippen LogP contribution in [0.1, 0.15) is 31.4 Å². The minimum Gasteiger partial charge on any atom is -0.380 e. The van der Waals surface area contributed by atoms with Crippen LogP contribution in [0.15, 0.2) is 12.1 Å². The Labute approximate surface area is 115 Å². The number of nitrogens with one attached hydrogen (secondary N) is 1. The summed E-state index contributed by atoms with van der Waals surface area (Å²) in [6.07, 6.45) is -1.95. The monoisotopic (exact) mass is 292 g/mol. The van der Waals surface area contributed by atoms with Gasteiger partial charge in [0.05, 0.1) is 17.3 Å². The number of rotatable bonds is 2. The zero-order chi connectivity index (χ0) is 14.0. The van der Waals surface area contributed by atoms with Gasteiger partial charge < -0.3 is 5.32 Å². The van der Waals surface area contributed by atoms with Crippen LogP contribution in [0.4, 0.5) is 18.9 Å². The molecular weight excluding hydrogens is 277 g/mol. The summed E-state index contributed by atoms with van der Waals surface area (Å²) < 4.78 is 38.9. The van der Waals surface area contributed by atoms with Gasteiger partial charge >= 0.3 is 6.18 Å². The Hall–Kier alpha value is -0.970. The molecule has 1 fully saturated rings. The van der Waals surface area contributed by atoms with E-state index in [0.29, 0.717) is 29.4 Å². The standard InChI is InChI=1S/C13H16ClF3N2/c1-8-10(6-7-12(14)18-8)19-11-5-3-2-4-9(11)13(15,16)17/h6-7,9,11,19H,2-5H2,1H3. The van der Waals surface area contributed by atoms with Crippen molar-refractivity contribution in [2.45, 2.75) is 44.8 Å². The predicted octanol–water partition coefficient (Wildman–Crippen LogP) is 4.58. The molecule has 0 amide bonds. The number of nitrogens with zero attached hydrogens (tertiary/aromatic N) is 1. The predicted molar refractivity (Wildman–Crippen MR) is 69.4 cm³/mol. The van der Waals surface area contributed by atoms with Gasteiger partial charge in [-0.05, 0) is 31.9 Å². The summed E-state index contributed by atoms with van der Waals surface area (Å²) >= 11 is 5.74. The average molecular weight is 293 g/mol. The van der Waals surface area contributed by atoms with E-state index in [1.807, 2.05) is 0 Å². The molecule has 2 unspecified atom stereocenters. The molecule has 6 heteroatoms. The number of hydrogen-bond acceptors (Lipinski definition) is 2. The third kappa shape index (κ3) is 3.53. The van der Waals surface area contributed by atoms with Gasteiger partial charge in [0.1, 0.15) is 5.15 Å². The average Bonchev–Trinajstić information content (AvgIpc) is 2.32. The molecular formula is C13H16ClF3N2. The van der Waals surface area contributed by atoms with E-state index in [-0.39, 0.29) is 6.42 Å². The second kappa shape index (κ2) is 5.57. The maximum absolute atomic E-state index is 13.0. The molecule has 1 saturated carbocycles. The fourth-order valence-corrected chi connectivity index (χ4v) is 2.77. The number of anilines is 1. The molecule has 2 rings (SSSR count). The summed E-state index contributed by atoms with van der Waals surface area (Å²) in [5.74, 6) is -1.28. The van der Waals surface area contributed by atoms with Gasteiger partial charge in [0.2, 0.25) is 0 Å². The minimum atomic E-state index is -4.15. The molecule has 0 aliphatic heterocycles. The lowest BCUT2D eigenvalue weighted by atomic mass is 9.84. The smallest absolute Gasteiger partial charge is 0.380 e. The molecule has 0 aromatic carbocycles. The zero-order valence-corrected chi connectivity index (χ0v) is 11.4. The third-order valence-electron chi connectivity index (χ3n) is 3.58. The topological polar surface area (TPSA) is 24.9 Å². The molecule has 1 aliphatic rings. The third-order valence-corrected chi connectivity index (χ3v) is 3.79. The summed E-state index contributed by atoms with van der Waals surface area (Å²) in [4.78, 5) is 4.05. The van der Waals surface area contributed by atoms with Crippen LogP contribution in [0, 0.1) is 12.8 Å². The van der Waals surface area contributed by atoms with Crippen LogP contribution in [-0.4, -0.2) is 17.2 Å². The summed E-state index contributed by atoms with van der Waals surface area (Å²) in [5.41, 5.74) is 1.25. The van der Waals surface area contributed by atoms with Gasteiger partial charge in [0.25, 0.3) is 0 Å². The Morgan fingerprint density at radius 1 is 1.26 bits per heavy atom.